The van der Waals surface area contributed by atoms with Crippen LogP contribution >= 0.6 is 0 Å². The summed E-state index contributed by atoms with van der Waals surface area (Å²) >= 11 is 0. The van der Waals surface area contributed by atoms with Crippen LogP contribution in [-0.4, -0.2) is 38.6 Å². The van der Waals surface area contributed by atoms with Gasteiger partial charge >= 0.3 is 0 Å². The first-order chi connectivity index (χ1) is 12.4. The number of para-hydroxylation sites is 1. The topological polar surface area (TPSA) is 57.7 Å². The number of hydrogen-bond acceptors (Lipinski definition) is 3. The highest BCUT2D eigenvalue weighted by atomic mass is 32.2. The summed E-state index contributed by atoms with van der Waals surface area (Å²) in [6.07, 6.45) is 3.09. The van der Waals surface area contributed by atoms with Crippen LogP contribution in [0.2, 0.25) is 0 Å². The fourth-order valence-electron chi connectivity index (χ4n) is 3.06. The van der Waals surface area contributed by atoms with Gasteiger partial charge in [-0.1, -0.05) is 24.3 Å². The minimum Gasteiger partial charge on any atom is -0.339 e. The first kappa shape index (κ1) is 18.4. The van der Waals surface area contributed by atoms with E-state index >= 15 is 0 Å². The van der Waals surface area contributed by atoms with Crippen molar-refractivity contribution in [2.24, 2.45) is 0 Å². The molecule has 1 saturated heterocycles. The van der Waals surface area contributed by atoms with Crippen LogP contribution in [0.4, 0.5) is 10.1 Å². The van der Waals surface area contributed by atoms with E-state index in [9.17, 15) is 17.6 Å². The van der Waals surface area contributed by atoms with Gasteiger partial charge in [0.1, 0.15) is 5.82 Å². The van der Waals surface area contributed by atoms with Crippen molar-refractivity contribution >= 4 is 21.6 Å². The Labute approximate surface area is 153 Å². The summed E-state index contributed by atoms with van der Waals surface area (Å²) in [6.45, 7) is 1.55. The largest absolute Gasteiger partial charge is 0.339 e. The number of hydrogen-bond donors (Lipinski definition) is 0. The number of anilines is 1. The molecule has 0 aliphatic carbocycles. The predicted molar refractivity (Wildman–Crippen MR) is 99.0 cm³/mol. The highest BCUT2D eigenvalue weighted by Gasteiger charge is 2.22. The quantitative estimate of drug-likeness (QED) is 0.806. The summed E-state index contributed by atoms with van der Waals surface area (Å²) in [5.74, 6) is -0.609. The number of benzene rings is 2. The molecule has 3 rings (SSSR count). The van der Waals surface area contributed by atoms with Gasteiger partial charge in [0.2, 0.25) is 10.0 Å². The molecule has 0 atom stereocenters. The highest BCUT2D eigenvalue weighted by molar-refractivity contribution is 7.92. The molecule has 0 spiro atoms. The predicted octanol–water partition coefficient (Wildman–Crippen LogP) is 3.03. The zero-order valence-corrected chi connectivity index (χ0v) is 15.4. The van der Waals surface area contributed by atoms with E-state index in [-0.39, 0.29) is 18.1 Å². The summed E-state index contributed by atoms with van der Waals surface area (Å²) in [5, 5.41) is 0. The lowest BCUT2D eigenvalue weighted by atomic mass is 10.1. The maximum Gasteiger partial charge on any atom is 0.253 e. The number of carbonyl (C=O) groups is 1. The van der Waals surface area contributed by atoms with Crippen LogP contribution in [0, 0.1) is 5.82 Å². The summed E-state index contributed by atoms with van der Waals surface area (Å²) in [5.41, 5.74) is 1.26. The van der Waals surface area contributed by atoms with Crippen LogP contribution in [0.3, 0.4) is 0 Å². The molecule has 7 heteroatoms. The normalized spacial score (nSPS) is 14.5. The Morgan fingerprint density at radius 2 is 1.69 bits per heavy atom. The lowest BCUT2D eigenvalue weighted by Crippen LogP contribution is -2.30. The van der Waals surface area contributed by atoms with E-state index in [2.05, 4.69) is 0 Å². The molecule has 26 heavy (non-hydrogen) atoms. The van der Waals surface area contributed by atoms with Crippen LogP contribution in [0.5, 0.6) is 0 Å². The monoisotopic (exact) mass is 376 g/mol. The number of amides is 1. The van der Waals surface area contributed by atoms with Gasteiger partial charge in [0.25, 0.3) is 5.91 Å². The average molecular weight is 376 g/mol. The lowest BCUT2D eigenvalue weighted by molar-refractivity contribution is 0.0793. The van der Waals surface area contributed by atoms with Gasteiger partial charge in [-0.3, -0.25) is 9.10 Å². The molecule has 2 aromatic rings. The smallest absolute Gasteiger partial charge is 0.253 e. The lowest BCUT2D eigenvalue weighted by Gasteiger charge is -2.23. The second-order valence-electron chi connectivity index (χ2n) is 6.42. The Balaban J connectivity index is 1.82. The Hall–Kier alpha value is -2.41. The van der Waals surface area contributed by atoms with Crippen LogP contribution in [-0.2, 0) is 16.6 Å². The molecule has 1 amide bonds. The molecular weight excluding hydrogens is 355 g/mol. The van der Waals surface area contributed by atoms with Crippen molar-refractivity contribution in [3.05, 3.63) is 65.5 Å². The van der Waals surface area contributed by atoms with E-state index in [4.69, 9.17) is 0 Å². The number of likely N-dealkylation sites (tertiary alicyclic amines) is 1. The van der Waals surface area contributed by atoms with Gasteiger partial charge in [-0.05, 0) is 42.7 Å². The molecule has 0 saturated carbocycles. The summed E-state index contributed by atoms with van der Waals surface area (Å²) in [4.78, 5) is 14.2. The number of sulfonamides is 1. The second-order valence-corrected chi connectivity index (χ2v) is 8.32. The van der Waals surface area contributed by atoms with Gasteiger partial charge in [0.05, 0.1) is 18.5 Å². The van der Waals surface area contributed by atoms with Crippen LogP contribution in [0.1, 0.15) is 28.8 Å². The summed E-state index contributed by atoms with van der Waals surface area (Å²) in [6, 6.07) is 12.6. The van der Waals surface area contributed by atoms with Gasteiger partial charge in [-0.25, -0.2) is 12.8 Å². The Kier molecular flexibility index (Phi) is 5.27. The van der Waals surface area contributed by atoms with Crippen molar-refractivity contribution in [2.75, 3.05) is 23.7 Å². The van der Waals surface area contributed by atoms with Crippen molar-refractivity contribution < 1.29 is 17.6 Å². The molecular formula is C19H21FN2O3S. The summed E-state index contributed by atoms with van der Waals surface area (Å²) in [7, 11) is -3.66. The van der Waals surface area contributed by atoms with Crippen molar-refractivity contribution in [3.8, 4) is 0 Å². The maximum absolute atomic E-state index is 14.1. The fourth-order valence-corrected chi connectivity index (χ4v) is 3.95. The zero-order valence-electron chi connectivity index (χ0n) is 14.6. The summed E-state index contributed by atoms with van der Waals surface area (Å²) < 4.78 is 39.4. The highest BCUT2D eigenvalue weighted by Crippen LogP contribution is 2.24. The molecule has 1 fully saturated rings. The molecule has 0 bridgehead atoms. The van der Waals surface area contributed by atoms with E-state index in [1.54, 1.807) is 30.3 Å². The molecule has 1 aliphatic rings. The first-order valence-electron chi connectivity index (χ1n) is 8.47. The fraction of sp³-hybridized carbons (Fsp3) is 0.316. The van der Waals surface area contributed by atoms with E-state index in [0.717, 1.165) is 36.5 Å². The van der Waals surface area contributed by atoms with Crippen LogP contribution in [0.15, 0.2) is 48.5 Å². The maximum atomic E-state index is 14.1. The third kappa shape index (κ3) is 4.04. The zero-order chi connectivity index (χ0) is 18.7. The third-order valence-corrected chi connectivity index (χ3v) is 5.57. The van der Waals surface area contributed by atoms with Crippen molar-refractivity contribution in [1.82, 2.24) is 4.90 Å². The molecule has 1 heterocycles. The minimum absolute atomic E-state index is 0.00203. The van der Waals surface area contributed by atoms with Crippen LogP contribution in [0.25, 0.3) is 0 Å². The average Bonchev–Trinajstić information content (AvgIpc) is 3.14. The second kappa shape index (κ2) is 7.45. The van der Waals surface area contributed by atoms with Gasteiger partial charge in [0, 0.05) is 18.7 Å². The standard InChI is InChI=1S/C19H21FN2O3S/c1-26(24,25)22(18-7-3-2-6-17(18)20)14-15-8-10-16(11-9-15)19(23)21-12-4-5-13-21/h2-3,6-11H,4-5,12-14H2,1H3. The molecule has 2 aromatic carbocycles. The van der Waals surface area contributed by atoms with Gasteiger partial charge in [0.15, 0.2) is 0 Å². The van der Waals surface area contributed by atoms with Crippen molar-refractivity contribution in [2.45, 2.75) is 19.4 Å². The van der Waals surface area contributed by atoms with E-state index in [1.807, 2.05) is 4.90 Å². The van der Waals surface area contributed by atoms with Crippen LogP contribution < -0.4 is 4.31 Å². The van der Waals surface area contributed by atoms with Gasteiger partial charge in [-0.2, -0.15) is 0 Å². The Morgan fingerprint density at radius 1 is 1.08 bits per heavy atom. The van der Waals surface area contributed by atoms with E-state index < -0.39 is 15.8 Å². The SMILES string of the molecule is CS(=O)(=O)N(Cc1ccc(C(=O)N2CCCC2)cc1)c1ccccc1F. The number of halogens is 1. The minimum atomic E-state index is -3.66. The molecule has 0 radical (unpaired) electrons. The molecule has 5 nitrogen and oxygen atoms in total. The molecule has 138 valence electrons. The van der Waals surface area contributed by atoms with E-state index in [0.29, 0.717) is 11.1 Å². The number of carbonyl (C=O) groups excluding carboxylic acids is 1. The van der Waals surface area contributed by atoms with Crippen molar-refractivity contribution in [3.63, 3.8) is 0 Å². The molecule has 0 N–H and O–H groups in total. The number of nitrogens with zero attached hydrogens (tertiary/aromatic N) is 2. The van der Waals surface area contributed by atoms with Gasteiger partial charge in [-0.15, -0.1) is 0 Å². The first-order valence-corrected chi connectivity index (χ1v) is 10.3. The Morgan fingerprint density at radius 3 is 2.27 bits per heavy atom. The third-order valence-electron chi connectivity index (χ3n) is 4.44. The molecule has 0 aromatic heterocycles. The molecule has 1 aliphatic heterocycles. The number of rotatable bonds is 5. The van der Waals surface area contributed by atoms with E-state index in [1.165, 1.54) is 18.2 Å². The van der Waals surface area contributed by atoms with Gasteiger partial charge < -0.3 is 4.90 Å². The molecule has 0 unspecified atom stereocenters. The van der Waals surface area contributed by atoms with Crippen molar-refractivity contribution in [1.29, 1.82) is 0 Å². The Bertz CT molecular complexity index is 891.